The standard InChI is InChI=1S/C27H19FN2.C26H17FN2O2.C22H17FN2O.2C22H17FN2/c28-24-12-10-23(11-13-24)27-25(21-14-16-29-17-15-21)18-26(30-27)22-8-6-20(7-9-22)19-4-2-1-3-5-19;27-21-10-6-18(7-11-21)24-25(19-14-16-28-17-15-19)31-26(29-24)20-8-12-23(13-9-20)30-22-4-2-1-3-5-22;1-14-2-3-17(12-21(14)26)20-13-19(15-8-10-24-11-9-15)22(25-20)16-4-6-18(23)7-5-16;2*1-15-2-4-17(5-3-15)21-14-20(16-10-12-24-13-11-16)22(25-21)18-6-8-19(23)9-7-18/h1-17H,18H2;1-17H;2-12,26H,13H2,1H3;2*2-13H,14H2,1H3. The highest BCUT2D eigenvalue weighted by Gasteiger charge is 2.28. The number of hydrogen-bond donors (Lipinski definition) is 1. The first kappa shape index (κ1) is 90.1. The fourth-order valence-electron chi connectivity index (χ4n) is 16.2. The van der Waals surface area contributed by atoms with Gasteiger partial charge in [0, 0.05) is 127 Å². The quantitative estimate of drug-likeness (QED) is 0.0822. The third-order valence-corrected chi connectivity index (χ3v) is 23.5. The van der Waals surface area contributed by atoms with Crippen LogP contribution in [-0.2, 0) is 0 Å². The molecule has 6 aromatic heterocycles. The topological polar surface area (TPSA) is 169 Å². The minimum Gasteiger partial charge on any atom is -0.508 e. The summed E-state index contributed by atoms with van der Waals surface area (Å²) < 4.78 is 78.8. The lowest BCUT2D eigenvalue weighted by Crippen LogP contribution is -1.98. The van der Waals surface area contributed by atoms with Gasteiger partial charge < -0.3 is 14.3 Å². The molecule has 1 N–H and O–H groups in total. The summed E-state index contributed by atoms with van der Waals surface area (Å²) in [5.74, 6) is 1.52. The molecule has 22 rings (SSSR count). The van der Waals surface area contributed by atoms with Crippen molar-refractivity contribution in [2.24, 2.45) is 20.0 Å². The molecule has 13 nitrogen and oxygen atoms in total. The minimum atomic E-state index is -0.299. The molecule has 0 unspecified atom stereocenters. The summed E-state index contributed by atoms with van der Waals surface area (Å²) in [6, 6.07) is 110. The number of ether oxygens (including phenoxy) is 1. The summed E-state index contributed by atoms with van der Waals surface area (Å²) in [6.45, 7) is 6.01. The highest BCUT2D eigenvalue weighted by atomic mass is 19.1. The first-order valence-electron chi connectivity index (χ1n) is 44.6. The van der Waals surface area contributed by atoms with Crippen LogP contribution in [0.3, 0.4) is 0 Å². The lowest BCUT2D eigenvalue weighted by atomic mass is 9.96. The van der Waals surface area contributed by atoms with Gasteiger partial charge in [-0.2, -0.15) is 0 Å². The van der Waals surface area contributed by atoms with E-state index in [1.54, 1.807) is 129 Å². The summed E-state index contributed by atoms with van der Waals surface area (Å²) in [4.78, 5) is 44.8. The van der Waals surface area contributed by atoms with E-state index in [0.29, 0.717) is 23.8 Å². The number of allylic oxidation sites excluding steroid dienone is 4. The van der Waals surface area contributed by atoms with Gasteiger partial charge >= 0.3 is 0 Å². The number of aromatic hydroxyl groups is 1. The Morgan fingerprint density at radius 2 is 0.518 bits per heavy atom. The Kier molecular flexibility index (Phi) is 27.8. The van der Waals surface area contributed by atoms with E-state index in [2.05, 4.69) is 124 Å². The van der Waals surface area contributed by atoms with Crippen LogP contribution in [0.1, 0.15) is 109 Å². The Labute approximate surface area is 790 Å². The number of para-hydroxylation sites is 1. The van der Waals surface area contributed by atoms with Crippen LogP contribution in [0.2, 0.25) is 0 Å². The summed E-state index contributed by atoms with van der Waals surface area (Å²) in [6.07, 6.45) is 20.5. The Balaban J connectivity index is 0.000000114. The largest absolute Gasteiger partial charge is 0.508 e. The lowest BCUT2D eigenvalue weighted by molar-refractivity contribution is 0.471. The van der Waals surface area contributed by atoms with Crippen molar-refractivity contribution < 1.29 is 36.2 Å². The van der Waals surface area contributed by atoms with Crippen molar-refractivity contribution in [2.75, 3.05) is 0 Å². The molecule has 0 saturated heterocycles. The zero-order valence-electron chi connectivity index (χ0n) is 74.8. The van der Waals surface area contributed by atoms with E-state index in [0.717, 1.165) is 188 Å². The molecule has 137 heavy (non-hydrogen) atoms. The van der Waals surface area contributed by atoms with E-state index in [4.69, 9.17) is 34.1 Å². The van der Waals surface area contributed by atoms with Gasteiger partial charge in [-0.1, -0.05) is 145 Å². The molecule has 18 heteroatoms. The number of hydrogen-bond acceptors (Lipinski definition) is 13. The maximum Gasteiger partial charge on any atom is 0.227 e. The predicted octanol–water partition coefficient (Wildman–Crippen LogP) is 29.2. The van der Waals surface area contributed by atoms with Crippen LogP contribution in [0.15, 0.2) is 444 Å². The fourth-order valence-corrected chi connectivity index (χ4v) is 16.2. The van der Waals surface area contributed by atoms with E-state index in [9.17, 15) is 27.1 Å². The van der Waals surface area contributed by atoms with Gasteiger partial charge in [-0.25, -0.2) is 26.9 Å². The normalized spacial score (nSPS) is 13.1. The number of halogens is 5. The van der Waals surface area contributed by atoms with Gasteiger partial charge in [0.15, 0.2) is 5.76 Å². The number of aliphatic imine (C=N–C) groups is 4. The molecule has 0 bridgehead atoms. The van der Waals surface area contributed by atoms with Crippen LogP contribution in [0, 0.1) is 49.9 Å². The number of phenolic OH excluding ortho intramolecular Hbond substituents is 1. The van der Waals surface area contributed by atoms with E-state index < -0.39 is 0 Å². The number of rotatable bonds is 18. The van der Waals surface area contributed by atoms with Gasteiger partial charge in [0.25, 0.3) is 0 Å². The monoisotopic (exact) mass is 1800 g/mol. The Bertz CT molecular complexity index is 7380. The van der Waals surface area contributed by atoms with Gasteiger partial charge in [-0.05, 0) is 329 Å². The average molecular weight is 1800 g/mol. The molecular weight excluding hydrogens is 1710 g/mol. The molecule has 666 valence electrons. The first-order chi connectivity index (χ1) is 67.1. The molecule has 0 amide bonds. The van der Waals surface area contributed by atoms with E-state index in [1.807, 2.05) is 153 Å². The number of pyridine rings is 5. The third-order valence-electron chi connectivity index (χ3n) is 23.5. The van der Waals surface area contributed by atoms with Crippen molar-refractivity contribution in [3.05, 3.63) is 532 Å². The number of nitrogens with zero attached hydrogens (tertiary/aromatic N) is 10. The molecule has 0 fully saturated rings. The SMILES string of the molecule is Cc1ccc(C2=NC(c3ccc(F)cc3)=C(c3ccncc3)C2)cc1.Cc1ccc(C2=NC(c3ccc(F)cc3)=C(c3ccncc3)C2)cc1.Cc1ccc(C2=NC(c3ccc(F)cc3)=C(c3ccncc3)C2)cc1O.Fc1ccc(-c2nc(-c3ccc(Oc4ccccc4)cc3)oc2-c2ccncc2)cc1.Fc1ccc(C2=C(c3ccncc3)CC(c3ccc(-c4ccccc4)cc3)=N2)cc1. The van der Waals surface area contributed by atoms with Crippen LogP contribution >= 0.6 is 0 Å². The van der Waals surface area contributed by atoms with Crippen molar-refractivity contribution in [1.82, 2.24) is 29.9 Å². The summed E-state index contributed by atoms with van der Waals surface area (Å²) in [7, 11) is 0. The van der Waals surface area contributed by atoms with E-state index >= 15 is 0 Å². The smallest absolute Gasteiger partial charge is 0.227 e. The molecule has 18 aromatic rings. The minimum absolute atomic E-state index is 0.240. The number of benzene rings is 12. The van der Waals surface area contributed by atoms with Gasteiger partial charge in [-0.3, -0.25) is 44.9 Å². The second-order valence-electron chi connectivity index (χ2n) is 32.8. The van der Waals surface area contributed by atoms with Crippen LogP contribution in [-0.4, -0.2) is 57.9 Å². The Morgan fingerprint density at radius 1 is 0.248 bits per heavy atom. The molecule has 12 aromatic carbocycles. The predicted molar refractivity (Wildman–Crippen MR) is 539 cm³/mol. The average Bonchev–Trinajstić information content (AvgIpc) is 1.68. The summed E-state index contributed by atoms with van der Waals surface area (Å²) in [5, 5.41) is 10.0. The van der Waals surface area contributed by atoms with E-state index in [-0.39, 0.29) is 34.8 Å². The van der Waals surface area contributed by atoms with Crippen LogP contribution in [0.5, 0.6) is 17.2 Å². The van der Waals surface area contributed by atoms with Gasteiger partial charge in [0.05, 0.1) is 45.6 Å². The maximum absolute atomic E-state index is 13.5. The van der Waals surface area contributed by atoms with Gasteiger partial charge in [0.1, 0.15) is 52.0 Å². The number of oxazole rings is 1. The zero-order valence-corrected chi connectivity index (χ0v) is 74.8. The van der Waals surface area contributed by atoms with Crippen molar-refractivity contribution in [3.63, 3.8) is 0 Å². The van der Waals surface area contributed by atoms with Crippen molar-refractivity contribution in [2.45, 2.75) is 46.5 Å². The molecule has 4 aliphatic rings. The maximum atomic E-state index is 13.5. The third kappa shape index (κ3) is 22.1. The number of aromatic nitrogens is 6. The van der Waals surface area contributed by atoms with E-state index in [1.165, 1.54) is 82.9 Å². The summed E-state index contributed by atoms with van der Waals surface area (Å²) in [5.41, 5.74) is 32.9. The molecule has 0 radical (unpaired) electrons. The second-order valence-corrected chi connectivity index (χ2v) is 32.8. The molecule has 10 heterocycles. The zero-order chi connectivity index (χ0) is 93.9. The number of phenols is 1. The molecule has 0 aliphatic carbocycles. The Morgan fingerprint density at radius 3 is 0.861 bits per heavy atom. The van der Waals surface area contributed by atoms with Crippen molar-refractivity contribution in [1.29, 1.82) is 0 Å². The van der Waals surface area contributed by atoms with Crippen molar-refractivity contribution in [3.8, 4) is 62.4 Å². The second kappa shape index (κ2) is 42.4. The van der Waals surface area contributed by atoms with Crippen molar-refractivity contribution >= 4 is 67.9 Å². The molecule has 4 aliphatic heterocycles. The highest BCUT2D eigenvalue weighted by Crippen LogP contribution is 2.44. The fraction of sp³-hybridized carbons (Fsp3) is 0.0588. The van der Waals surface area contributed by atoms with Gasteiger partial charge in [-0.15, -0.1) is 0 Å². The molecule has 0 spiro atoms. The number of aryl methyl sites for hydroxylation is 3. The first-order valence-corrected chi connectivity index (χ1v) is 44.6. The lowest BCUT2D eigenvalue weighted by Gasteiger charge is -2.07. The highest BCUT2D eigenvalue weighted by molar-refractivity contribution is 6.20. The molecule has 0 atom stereocenters. The molecular formula is C119H87F5N10O3. The van der Waals surface area contributed by atoms with Crippen LogP contribution in [0.25, 0.3) is 90.2 Å². The Hall–Kier alpha value is -17.5. The van der Waals surface area contributed by atoms with Gasteiger partial charge in [0.2, 0.25) is 5.89 Å². The van der Waals surface area contributed by atoms with Crippen LogP contribution in [0.4, 0.5) is 22.0 Å². The van der Waals surface area contributed by atoms with Crippen LogP contribution < -0.4 is 4.74 Å². The summed E-state index contributed by atoms with van der Waals surface area (Å²) >= 11 is 0. The molecule has 0 saturated carbocycles.